The maximum absolute atomic E-state index is 13.8. The van der Waals surface area contributed by atoms with Crippen LogP contribution in [0.5, 0.6) is 0 Å². The maximum Gasteiger partial charge on any atom is 0.229 e. The first kappa shape index (κ1) is 19.7. The summed E-state index contributed by atoms with van der Waals surface area (Å²) < 4.78 is 35.3. The number of alkyl halides is 1. The SMILES string of the molecule is Cn1cc(-c2nc3ccc(CC(=O)N4C[C@@H](F)C[C@H]4CO)cc3o2)c2cc(F)ccc21. The quantitative estimate of drug-likeness (QED) is 0.542. The van der Waals surface area contributed by atoms with Crippen molar-refractivity contribution in [2.24, 2.45) is 7.05 Å². The highest BCUT2D eigenvalue weighted by molar-refractivity contribution is 5.95. The van der Waals surface area contributed by atoms with E-state index < -0.39 is 12.2 Å². The fourth-order valence-electron chi connectivity index (χ4n) is 4.34. The number of halogens is 2. The summed E-state index contributed by atoms with van der Waals surface area (Å²) >= 11 is 0. The lowest BCUT2D eigenvalue weighted by Crippen LogP contribution is -2.38. The molecular formula is C23H21F2N3O3. The summed E-state index contributed by atoms with van der Waals surface area (Å²) in [5.74, 6) is -0.201. The number of rotatable bonds is 4. The van der Waals surface area contributed by atoms with Crippen LogP contribution in [0.4, 0.5) is 8.78 Å². The van der Waals surface area contributed by atoms with Crippen LogP contribution in [0.2, 0.25) is 0 Å². The number of aliphatic hydroxyl groups is 1. The van der Waals surface area contributed by atoms with Gasteiger partial charge in [-0.3, -0.25) is 4.79 Å². The second-order valence-electron chi connectivity index (χ2n) is 8.03. The van der Waals surface area contributed by atoms with E-state index in [4.69, 9.17) is 4.42 Å². The molecule has 0 radical (unpaired) electrons. The van der Waals surface area contributed by atoms with Crippen LogP contribution < -0.4 is 0 Å². The minimum absolute atomic E-state index is 0.0103. The highest BCUT2D eigenvalue weighted by atomic mass is 19.1. The molecule has 0 bridgehead atoms. The second-order valence-corrected chi connectivity index (χ2v) is 8.03. The van der Waals surface area contributed by atoms with Crippen LogP contribution in [0.15, 0.2) is 47.0 Å². The van der Waals surface area contributed by atoms with Crippen molar-refractivity contribution in [2.45, 2.75) is 25.1 Å². The summed E-state index contributed by atoms with van der Waals surface area (Å²) in [6.07, 6.45) is 0.980. The zero-order valence-electron chi connectivity index (χ0n) is 16.9. The minimum Gasteiger partial charge on any atom is -0.436 e. The molecule has 0 spiro atoms. The van der Waals surface area contributed by atoms with E-state index in [1.807, 2.05) is 17.8 Å². The summed E-state index contributed by atoms with van der Waals surface area (Å²) in [5.41, 5.74) is 3.39. The van der Waals surface area contributed by atoms with Crippen LogP contribution in [0.3, 0.4) is 0 Å². The van der Waals surface area contributed by atoms with Crippen LogP contribution in [0.25, 0.3) is 33.5 Å². The van der Waals surface area contributed by atoms with Crippen molar-refractivity contribution in [2.75, 3.05) is 13.2 Å². The molecule has 2 aromatic carbocycles. The highest BCUT2D eigenvalue weighted by Crippen LogP contribution is 2.32. The Morgan fingerprint density at radius 1 is 1.29 bits per heavy atom. The van der Waals surface area contributed by atoms with E-state index in [0.29, 0.717) is 33.5 Å². The van der Waals surface area contributed by atoms with Crippen molar-refractivity contribution in [1.82, 2.24) is 14.5 Å². The maximum atomic E-state index is 13.8. The summed E-state index contributed by atoms with van der Waals surface area (Å²) in [5, 5.41) is 10.1. The average Bonchev–Trinajstić information content (AvgIpc) is 3.42. The lowest BCUT2D eigenvalue weighted by molar-refractivity contribution is -0.132. The number of nitrogens with zero attached hydrogens (tertiary/aromatic N) is 3. The summed E-state index contributed by atoms with van der Waals surface area (Å²) in [6.45, 7) is -0.237. The van der Waals surface area contributed by atoms with Crippen LogP contribution in [0.1, 0.15) is 12.0 Å². The number of fused-ring (bicyclic) bond motifs is 2. The lowest BCUT2D eigenvalue weighted by atomic mass is 10.1. The molecule has 0 aliphatic carbocycles. The van der Waals surface area contributed by atoms with Gasteiger partial charge in [-0.15, -0.1) is 0 Å². The predicted molar refractivity (Wildman–Crippen MR) is 112 cm³/mol. The van der Waals surface area contributed by atoms with E-state index in [-0.39, 0.29) is 37.7 Å². The number of carbonyl (C=O) groups is 1. The van der Waals surface area contributed by atoms with Crippen molar-refractivity contribution >= 4 is 27.9 Å². The van der Waals surface area contributed by atoms with Gasteiger partial charge in [0.05, 0.1) is 31.2 Å². The van der Waals surface area contributed by atoms with Gasteiger partial charge < -0.3 is 19.0 Å². The molecule has 1 fully saturated rings. The number of hydrogen-bond donors (Lipinski definition) is 1. The standard InChI is InChI=1S/C23H21F2N3O3/c1-27-11-18(17-9-14(24)3-5-20(17)27)23-26-19-4-2-13(6-21(19)31-23)7-22(30)28-10-15(25)8-16(28)12-29/h2-6,9,11,15-16,29H,7-8,10,12H2,1H3/t15-,16-/m0/s1. The second kappa shape index (κ2) is 7.46. The number of amides is 1. The summed E-state index contributed by atoms with van der Waals surface area (Å²) in [4.78, 5) is 18.6. The molecule has 4 aromatic rings. The molecule has 1 saturated heterocycles. The van der Waals surface area contributed by atoms with Crippen molar-refractivity contribution in [3.8, 4) is 11.5 Å². The van der Waals surface area contributed by atoms with E-state index in [0.717, 1.165) is 5.52 Å². The van der Waals surface area contributed by atoms with Gasteiger partial charge in [0.1, 0.15) is 17.5 Å². The molecule has 31 heavy (non-hydrogen) atoms. The topological polar surface area (TPSA) is 71.5 Å². The minimum atomic E-state index is -1.11. The summed E-state index contributed by atoms with van der Waals surface area (Å²) in [7, 11) is 1.87. The Labute approximate surface area is 176 Å². The van der Waals surface area contributed by atoms with Gasteiger partial charge in [-0.2, -0.15) is 0 Å². The van der Waals surface area contributed by atoms with Crippen LogP contribution in [0, 0.1) is 5.82 Å². The van der Waals surface area contributed by atoms with Crippen molar-refractivity contribution < 1.29 is 23.1 Å². The first-order valence-electron chi connectivity index (χ1n) is 10.1. The Morgan fingerprint density at radius 2 is 2.13 bits per heavy atom. The molecule has 160 valence electrons. The van der Waals surface area contributed by atoms with Gasteiger partial charge in [-0.25, -0.2) is 13.8 Å². The van der Waals surface area contributed by atoms with E-state index in [9.17, 15) is 18.7 Å². The largest absolute Gasteiger partial charge is 0.436 e. The molecule has 2 atom stereocenters. The number of oxazole rings is 1. The molecule has 1 amide bonds. The first-order chi connectivity index (χ1) is 14.9. The molecule has 0 unspecified atom stereocenters. The number of carbonyl (C=O) groups excluding carboxylic acids is 1. The lowest BCUT2D eigenvalue weighted by Gasteiger charge is -2.22. The average molecular weight is 425 g/mol. The van der Waals surface area contributed by atoms with Crippen molar-refractivity contribution in [3.63, 3.8) is 0 Å². The Morgan fingerprint density at radius 3 is 2.94 bits per heavy atom. The Kier molecular flexibility index (Phi) is 4.74. The molecule has 3 heterocycles. The van der Waals surface area contributed by atoms with E-state index in [1.165, 1.54) is 17.0 Å². The molecular weight excluding hydrogens is 404 g/mol. The molecule has 8 heteroatoms. The number of aryl methyl sites for hydroxylation is 1. The number of aliphatic hydroxyl groups excluding tert-OH is 1. The first-order valence-corrected chi connectivity index (χ1v) is 10.1. The number of aromatic nitrogens is 2. The third kappa shape index (κ3) is 3.46. The smallest absolute Gasteiger partial charge is 0.229 e. The van der Waals surface area contributed by atoms with Crippen LogP contribution in [-0.2, 0) is 18.3 Å². The Hall–Kier alpha value is -3.26. The number of benzene rings is 2. The van der Waals surface area contributed by atoms with Crippen LogP contribution in [-0.4, -0.2) is 50.8 Å². The predicted octanol–water partition coefficient (Wildman–Crippen LogP) is 3.60. The zero-order chi connectivity index (χ0) is 21.7. The molecule has 5 rings (SSSR count). The highest BCUT2D eigenvalue weighted by Gasteiger charge is 2.34. The van der Waals surface area contributed by atoms with Crippen molar-refractivity contribution in [3.05, 3.63) is 54.0 Å². The Balaban J connectivity index is 1.45. The van der Waals surface area contributed by atoms with Crippen LogP contribution >= 0.6 is 0 Å². The molecule has 1 aliphatic rings. The molecule has 6 nitrogen and oxygen atoms in total. The normalized spacial score (nSPS) is 19.0. The van der Waals surface area contributed by atoms with Gasteiger partial charge in [-0.1, -0.05) is 6.07 Å². The van der Waals surface area contributed by atoms with Gasteiger partial charge in [-0.05, 0) is 35.9 Å². The van der Waals surface area contributed by atoms with Gasteiger partial charge >= 0.3 is 0 Å². The fourth-order valence-corrected chi connectivity index (χ4v) is 4.34. The third-order valence-corrected chi connectivity index (χ3v) is 5.88. The van der Waals surface area contributed by atoms with E-state index in [1.54, 1.807) is 24.3 Å². The van der Waals surface area contributed by atoms with Gasteiger partial charge in [0.2, 0.25) is 11.8 Å². The van der Waals surface area contributed by atoms with Gasteiger partial charge in [0.25, 0.3) is 0 Å². The number of likely N-dealkylation sites (tertiary alicyclic amines) is 1. The molecule has 0 saturated carbocycles. The zero-order valence-corrected chi connectivity index (χ0v) is 16.9. The number of hydrogen-bond acceptors (Lipinski definition) is 4. The van der Waals surface area contributed by atoms with E-state index >= 15 is 0 Å². The fraction of sp³-hybridized carbons (Fsp3) is 0.304. The Bertz CT molecular complexity index is 1300. The molecule has 2 aromatic heterocycles. The molecule has 1 aliphatic heterocycles. The monoisotopic (exact) mass is 425 g/mol. The third-order valence-electron chi connectivity index (χ3n) is 5.88. The van der Waals surface area contributed by atoms with E-state index in [2.05, 4.69) is 4.98 Å². The van der Waals surface area contributed by atoms with Gasteiger partial charge in [0, 0.05) is 30.6 Å². The molecule has 1 N–H and O–H groups in total. The van der Waals surface area contributed by atoms with Crippen molar-refractivity contribution in [1.29, 1.82) is 0 Å². The van der Waals surface area contributed by atoms with Gasteiger partial charge in [0.15, 0.2) is 5.58 Å². The summed E-state index contributed by atoms with van der Waals surface area (Å²) in [6, 6.07) is 9.39.